The number of aromatic nitrogens is 3. The van der Waals surface area contributed by atoms with Gasteiger partial charge in [-0.1, -0.05) is 0 Å². The first kappa shape index (κ1) is 16.2. The molecule has 0 aromatic carbocycles. The fourth-order valence-corrected chi connectivity index (χ4v) is 3.44. The van der Waals surface area contributed by atoms with Crippen molar-refractivity contribution >= 4 is 5.96 Å². The molecule has 0 bridgehead atoms. The number of likely N-dealkylation sites (tertiary alicyclic amines) is 1. The van der Waals surface area contributed by atoms with Crippen molar-refractivity contribution in [2.45, 2.75) is 45.8 Å². The molecule has 0 aliphatic carbocycles. The number of nitrogens with zero attached hydrogens (tertiary/aromatic N) is 5. The molecular formula is C16H28N6O. The third kappa shape index (κ3) is 3.65. The van der Waals surface area contributed by atoms with Crippen LogP contribution < -0.4 is 5.32 Å². The van der Waals surface area contributed by atoms with Crippen LogP contribution in [0.5, 0.6) is 0 Å². The highest BCUT2D eigenvalue weighted by molar-refractivity contribution is 5.80. The number of rotatable bonds is 3. The van der Waals surface area contributed by atoms with Gasteiger partial charge in [0.05, 0.1) is 6.10 Å². The second kappa shape index (κ2) is 7.29. The maximum Gasteiger partial charge on any atom is 0.194 e. The average molecular weight is 320 g/mol. The minimum Gasteiger partial charge on any atom is -0.378 e. The molecule has 128 valence electrons. The summed E-state index contributed by atoms with van der Waals surface area (Å²) in [5.74, 6) is 3.43. The monoisotopic (exact) mass is 320 g/mol. The molecule has 7 heteroatoms. The number of hydrogen-bond donors (Lipinski definition) is 1. The van der Waals surface area contributed by atoms with Gasteiger partial charge in [0.1, 0.15) is 12.4 Å². The van der Waals surface area contributed by atoms with Crippen LogP contribution in [0, 0.1) is 12.8 Å². The lowest BCUT2D eigenvalue weighted by molar-refractivity contribution is -0.0559. The summed E-state index contributed by atoms with van der Waals surface area (Å²) < 4.78 is 7.90. The molecule has 0 spiro atoms. The fourth-order valence-electron chi connectivity index (χ4n) is 3.44. The minimum absolute atomic E-state index is 0.448. The third-order valence-corrected chi connectivity index (χ3v) is 4.90. The SMILES string of the molecule is CCNC(=NCc1nnc(C)n1C)N1CCC2OCCCC2C1. The van der Waals surface area contributed by atoms with Gasteiger partial charge in [-0.15, -0.1) is 10.2 Å². The Morgan fingerprint density at radius 3 is 3.00 bits per heavy atom. The standard InChI is InChI=1S/C16H28N6O/c1-4-17-16(18-10-15-20-19-12(2)21(15)3)22-8-7-14-13(11-22)6-5-9-23-14/h13-14H,4-11H2,1-3H3,(H,17,18). The number of fused-ring (bicyclic) bond motifs is 1. The first-order valence-electron chi connectivity index (χ1n) is 8.68. The Bertz CT molecular complexity index is 555. The molecule has 2 saturated heterocycles. The first-order valence-corrected chi connectivity index (χ1v) is 8.68. The van der Waals surface area contributed by atoms with E-state index in [1.165, 1.54) is 12.8 Å². The topological polar surface area (TPSA) is 67.6 Å². The molecule has 7 nitrogen and oxygen atoms in total. The van der Waals surface area contributed by atoms with Crippen LogP contribution in [0.25, 0.3) is 0 Å². The van der Waals surface area contributed by atoms with Crippen LogP contribution in [0.15, 0.2) is 4.99 Å². The predicted octanol–water partition coefficient (Wildman–Crippen LogP) is 1.09. The van der Waals surface area contributed by atoms with E-state index in [2.05, 4.69) is 27.3 Å². The van der Waals surface area contributed by atoms with E-state index >= 15 is 0 Å². The first-order chi connectivity index (χ1) is 11.2. The normalized spacial score (nSPS) is 25.3. The van der Waals surface area contributed by atoms with Crippen LogP contribution in [-0.2, 0) is 18.3 Å². The zero-order valence-corrected chi connectivity index (χ0v) is 14.5. The van der Waals surface area contributed by atoms with E-state index in [4.69, 9.17) is 9.73 Å². The molecule has 0 radical (unpaired) electrons. The molecule has 0 amide bonds. The lowest BCUT2D eigenvalue weighted by Crippen LogP contribution is -2.52. The van der Waals surface area contributed by atoms with E-state index in [-0.39, 0.29) is 0 Å². The molecule has 3 heterocycles. The zero-order chi connectivity index (χ0) is 16.2. The summed E-state index contributed by atoms with van der Waals surface area (Å²) in [5, 5.41) is 11.7. The predicted molar refractivity (Wildman–Crippen MR) is 89.2 cm³/mol. The van der Waals surface area contributed by atoms with E-state index in [1.807, 2.05) is 18.5 Å². The molecule has 2 fully saturated rings. The lowest BCUT2D eigenvalue weighted by Gasteiger charge is -2.42. The number of aryl methyl sites for hydroxylation is 1. The van der Waals surface area contributed by atoms with E-state index in [0.717, 1.165) is 50.3 Å². The molecule has 0 saturated carbocycles. The van der Waals surface area contributed by atoms with Gasteiger partial charge in [0.15, 0.2) is 11.8 Å². The summed E-state index contributed by atoms with van der Waals surface area (Å²) >= 11 is 0. The van der Waals surface area contributed by atoms with Crippen molar-refractivity contribution in [2.75, 3.05) is 26.2 Å². The van der Waals surface area contributed by atoms with Gasteiger partial charge in [-0.3, -0.25) is 0 Å². The van der Waals surface area contributed by atoms with Gasteiger partial charge in [-0.25, -0.2) is 4.99 Å². The third-order valence-electron chi connectivity index (χ3n) is 4.90. The number of nitrogens with one attached hydrogen (secondary N) is 1. The van der Waals surface area contributed by atoms with Crippen LogP contribution >= 0.6 is 0 Å². The Morgan fingerprint density at radius 2 is 2.26 bits per heavy atom. The Hall–Kier alpha value is -1.63. The van der Waals surface area contributed by atoms with Gasteiger partial charge in [0, 0.05) is 39.2 Å². The number of ether oxygens (including phenoxy) is 1. The summed E-state index contributed by atoms with van der Waals surface area (Å²) in [7, 11) is 1.98. The van der Waals surface area contributed by atoms with Crippen molar-refractivity contribution in [3.63, 3.8) is 0 Å². The number of piperidine rings is 1. The molecule has 3 rings (SSSR count). The van der Waals surface area contributed by atoms with Gasteiger partial charge in [-0.05, 0) is 33.1 Å². The van der Waals surface area contributed by atoms with Crippen LogP contribution in [0.2, 0.25) is 0 Å². The smallest absolute Gasteiger partial charge is 0.194 e. The Labute approximate surface area is 138 Å². The largest absolute Gasteiger partial charge is 0.378 e. The molecule has 1 aromatic heterocycles. The van der Waals surface area contributed by atoms with Gasteiger partial charge >= 0.3 is 0 Å². The maximum absolute atomic E-state index is 5.91. The molecule has 2 aliphatic rings. The van der Waals surface area contributed by atoms with E-state index in [1.54, 1.807) is 0 Å². The van der Waals surface area contributed by atoms with Crippen LogP contribution in [-0.4, -0.2) is 58.0 Å². The van der Waals surface area contributed by atoms with E-state index < -0.39 is 0 Å². The molecule has 23 heavy (non-hydrogen) atoms. The maximum atomic E-state index is 5.91. The highest BCUT2D eigenvalue weighted by atomic mass is 16.5. The Balaban J connectivity index is 1.68. The van der Waals surface area contributed by atoms with E-state index in [9.17, 15) is 0 Å². The molecule has 2 aliphatic heterocycles. The van der Waals surface area contributed by atoms with Crippen LogP contribution in [0.1, 0.15) is 37.8 Å². The summed E-state index contributed by atoms with van der Waals surface area (Å²) in [4.78, 5) is 7.16. The molecular weight excluding hydrogens is 292 g/mol. The van der Waals surface area contributed by atoms with E-state index in [0.29, 0.717) is 18.6 Å². The number of hydrogen-bond acceptors (Lipinski definition) is 4. The van der Waals surface area contributed by atoms with Gasteiger partial charge in [0.25, 0.3) is 0 Å². The summed E-state index contributed by atoms with van der Waals surface area (Å²) in [6.07, 6.45) is 3.99. The number of guanidine groups is 1. The molecule has 1 N–H and O–H groups in total. The summed E-state index contributed by atoms with van der Waals surface area (Å²) in [6.45, 7) is 8.47. The zero-order valence-electron chi connectivity index (χ0n) is 14.5. The Kier molecular flexibility index (Phi) is 5.15. The average Bonchev–Trinajstić information content (AvgIpc) is 2.90. The minimum atomic E-state index is 0.448. The number of aliphatic imine (C=N–C) groups is 1. The van der Waals surface area contributed by atoms with Crippen molar-refractivity contribution in [3.05, 3.63) is 11.6 Å². The fraction of sp³-hybridized carbons (Fsp3) is 0.812. The second-order valence-electron chi connectivity index (χ2n) is 6.44. The van der Waals surface area contributed by atoms with Crippen molar-refractivity contribution < 1.29 is 4.74 Å². The van der Waals surface area contributed by atoms with Gasteiger partial charge in [-0.2, -0.15) is 0 Å². The van der Waals surface area contributed by atoms with Gasteiger partial charge in [0.2, 0.25) is 0 Å². The molecule has 2 atom stereocenters. The highest BCUT2D eigenvalue weighted by Crippen LogP contribution is 2.28. The molecule has 2 unspecified atom stereocenters. The van der Waals surface area contributed by atoms with Crippen molar-refractivity contribution in [1.82, 2.24) is 25.0 Å². The van der Waals surface area contributed by atoms with Gasteiger partial charge < -0.3 is 19.5 Å². The highest BCUT2D eigenvalue weighted by Gasteiger charge is 2.33. The van der Waals surface area contributed by atoms with Crippen LogP contribution in [0.4, 0.5) is 0 Å². The Morgan fingerprint density at radius 1 is 1.39 bits per heavy atom. The van der Waals surface area contributed by atoms with Crippen molar-refractivity contribution in [1.29, 1.82) is 0 Å². The van der Waals surface area contributed by atoms with Crippen LogP contribution in [0.3, 0.4) is 0 Å². The summed E-state index contributed by atoms with van der Waals surface area (Å²) in [6, 6.07) is 0. The second-order valence-corrected chi connectivity index (χ2v) is 6.44. The van der Waals surface area contributed by atoms with Crippen molar-refractivity contribution in [3.8, 4) is 0 Å². The lowest BCUT2D eigenvalue weighted by atomic mass is 9.88. The molecule has 1 aromatic rings. The quantitative estimate of drug-likeness (QED) is 0.667. The summed E-state index contributed by atoms with van der Waals surface area (Å²) in [5.41, 5.74) is 0. The van der Waals surface area contributed by atoms with Crippen molar-refractivity contribution in [2.24, 2.45) is 18.0 Å².